The molecule has 0 saturated heterocycles. The monoisotopic (exact) mass is 209 g/mol. The van der Waals surface area contributed by atoms with Crippen molar-refractivity contribution in [1.29, 1.82) is 0 Å². The molecule has 0 saturated carbocycles. The molecule has 0 aliphatic carbocycles. The maximum absolute atomic E-state index is 3.87. The SMILES string of the molecule is C=CC[Si](CC=C)(CC=C)N(C)CC. The lowest BCUT2D eigenvalue weighted by molar-refractivity contribution is 0.529. The van der Waals surface area contributed by atoms with Crippen molar-refractivity contribution in [1.82, 2.24) is 4.57 Å². The molecule has 0 rings (SSSR count). The van der Waals surface area contributed by atoms with Gasteiger partial charge in [-0.2, -0.15) is 0 Å². The molecule has 0 N–H and O–H groups in total. The van der Waals surface area contributed by atoms with Crippen LogP contribution in [0.3, 0.4) is 0 Å². The zero-order valence-corrected chi connectivity index (χ0v) is 10.6. The van der Waals surface area contributed by atoms with Crippen LogP contribution < -0.4 is 0 Å². The Morgan fingerprint density at radius 3 is 1.57 bits per heavy atom. The fraction of sp³-hybridized carbons (Fsp3) is 0.500. The minimum absolute atomic E-state index is 1.10. The molecule has 0 aromatic carbocycles. The predicted molar refractivity (Wildman–Crippen MR) is 69.1 cm³/mol. The lowest BCUT2D eigenvalue weighted by Crippen LogP contribution is -2.50. The van der Waals surface area contributed by atoms with Gasteiger partial charge in [-0.3, -0.25) is 0 Å². The molecule has 0 unspecified atom stereocenters. The molecule has 0 aliphatic heterocycles. The molecule has 2 heteroatoms. The van der Waals surface area contributed by atoms with E-state index >= 15 is 0 Å². The highest BCUT2D eigenvalue weighted by Crippen LogP contribution is 2.25. The highest BCUT2D eigenvalue weighted by atomic mass is 28.3. The van der Waals surface area contributed by atoms with E-state index in [2.05, 4.69) is 38.3 Å². The van der Waals surface area contributed by atoms with Crippen LogP contribution in [0.15, 0.2) is 38.0 Å². The summed E-state index contributed by atoms with van der Waals surface area (Å²) in [5.74, 6) is 0. The van der Waals surface area contributed by atoms with Gasteiger partial charge in [0.25, 0.3) is 0 Å². The van der Waals surface area contributed by atoms with Gasteiger partial charge in [0.2, 0.25) is 0 Å². The van der Waals surface area contributed by atoms with Crippen LogP contribution in [0.4, 0.5) is 0 Å². The molecule has 0 fully saturated rings. The zero-order chi connectivity index (χ0) is 11.0. The number of hydrogen-bond donors (Lipinski definition) is 0. The highest BCUT2D eigenvalue weighted by molar-refractivity contribution is 6.78. The van der Waals surface area contributed by atoms with E-state index in [1.807, 2.05) is 18.2 Å². The van der Waals surface area contributed by atoms with Crippen molar-refractivity contribution in [3.63, 3.8) is 0 Å². The van der Waals surface area contributed by atoms with Crippen LogP contribution in [0.25, 0.3) is 0 Å². The predicted octanol–water partition coefficient (Wildman–Crippen LogP) is 3.44. The highest BCUT2D eigenvalue weighted by Gasteiger charge is 2.32. The summed E-state index contributed by atoms with van der Waals surface area (Å²) in [4.78, 5) is 0. The molecule has 0 aromatic heterocycles. The van der Waals surface area contributed by atoms with E-state index in [4.69, 9.17) is 0 Å². The Labute approximate surface area is 89.9 Å². The molecule has 0 aliphatic rings. The van der Waals surface area contributed by atoms with Crippen LogP contribution in [-0.4, -0.2) is 26.4 Å². The smallest absolute Gasteiger partial charge is 0.139 e. The van der Waals surface area contributed by atoms with Gasteiger partial charge in [-0.15, -0.1) is 19.7 Å². The number of hydrogen-bond acceptors (Lipinski definition) is 1. The minimum atomic E-state index is -1.42. The van der Waals surface area contributed by atoms with Gasteiger partial charge in [0, 0.05) is 0 Å². The fourth-order valence-corrected chi connectivity index (χ4v) is 5.58. The summed E-state index contributed by atoms with van der Waals surface area (Å²) in [5, 5.41) is 0. The quantitative estimate of drug-likeness (QED) is 0.437. The van der Waals surface area contributed by atoms with Crippen LogP contribution >= 0.6 is 0 Å². The molecular formula is C12H23NSi. The van der Waals surface area contributed by atoms with Crippen molar-refractivity contribution in [2.75, 3.05) is 13.6 Å². The molecule has 0 atom stereocenters. The van der Waals surface area contributed by atoms with Gasteiger partial charge in [-0.25, -0.2) is 0 Å². The van der Waals surface area contributed by atoms with Crippen LogP contribution in [0.5, 0.6) is 0 Å². The topological polar surface area (TPSA) is 3.24 Å². The maximum atomic E-state index is 3.87. The normalized spacial score (nSPS) is 11.4. The van der Waals surface area contributed by atoms with Crippen molar-refractivity contribution in [3.8, 4) is 0 Å². The Morgan fingerprint density at radius 1 is 1.00 bits per heavy atom. The first kappa shape index (κ1) is 13.4. The molecule has 0 radical (unpaired) electrons. The maximum Gasteiger partial charge on any atom is 0.139 e. The summed E-state index contributed by atoms with van der Waals surface area (Å²) >= 11 is 0. The van der Waals surface area contributed by atoms with Crippen molar-refractivity contribution >= 4 is 8.24 Å². The molecule has 80 valence electrons. The van der Waals surface area contributed by atoms with E-state index in [0.29, 0.717) is 0 Å². The van der Waals surface area contributed by atoms with Gasteiger partial charge < -0.3 is 4.57 Å². The fourth-order valence-electron chi connectivity index (χ4n) is 1.86. The summed E-state index contributed by atoms with van der Waals surface area (Å²) in [5.41, 5.74) is 0. The second kappa shape index (κ2) is 6.79. The lowest BCUT2D eigenvalue weighted by atomic mass is 10.7. The van der Waals surface area contributed by atoms with Crippen LogP contribution in [-0.2, 0) is 0 Å². The van der Waals surface area contributed by atoms with E-state index in [9.17, 15) is 0 Å². The molecule has 14 heavy (non-hydrogen) atoms. The van der Waals surface area contributed by atoms with Crippen LogP contribution in [0.2, 0.25) is 18.1 Å². The van der Waals surface area contributed by atoms with E-state index in [0.717, 1.165) is 24.7 Å². The first-order valence-corrected chi connectivity index (χ1v) is 7.77. The van der Waals surface area contributed by atoms with Crippen LogP contribution in [0, 0.1) is 0 Å². The van der Waals surface area contributed by atoms with Crippen LogP contribution in [0.1, 0.15) is 6.92 Å². The molecule has 0 aromatic rings. The lowest BCUT2D eigenvalue weighted by Gasteiger charge is -2.37. The Balaban J connectivity index is 4.78. The second-order valence-electron chi connectivity index (χ2n) is 3.72. The van der Waals surface area contributed by atoms with Gasteiger partial charge in [0.15, 0.2) is 0 Å². The largest absolute Gasteiger partial charge is 0.326 e. The first-order valence-electron chi connectivity index (χ1n) is 5.20. The Morgan fingerprint density at radius 2 is 1.36 bits per heavy atom. The molecule has 0 spiro atoms. The average molecular weight is 209 g/mol. The molecular weight excluding hydrogens is 186 g/mol. The summed E-state index contributed by atoms with van der Waals surface area (Å²) in [6, 6.07) is 3.36. The van der Waals surface area contributed by atoms with E-state index in [-0.39, 0.29) is 0 Å². The van der Waals surface area contributed by atoms with Gasteiger partial charge in [0.1, 0.15) is 8.24 Å². The average Bonchev–Trinajstić information content (AvgIpc) is 2.17. The van der Waals surface area contributed by atoms with Gasteiger partial charge >= 0.3 is 0 Å². The van der Waals surface area contributed by atoms with Crippen molar-refractivity contribution < 1.29 is 0 Å². The number of allylic oxidation sites excluding steroid dienone is 3. The summed E-state index contributed by atoms with van der Waals surface area (Å²) < 4.78 is 2.50. The standard InChI is InChI=1S/C12H23NSi/c1-6-10-14(11-7-2,12-8-3)13(5)9-4/h6-8H,1-3,9-12H2,4-5H3. The van der Waals surface area contributed by atoms with Crippen molar-refractivity contribution in [3.05, 3.63) is 38.0 Å². The Hall–Kier alpha value is -0.603. The Bertz CT molecular complexity index is 172. The third-order valence-electron chi connectivity index (χ3n) is 2.86. The number of nitrogens with zero attached hydrogens (tertiary/aromatic N) is 1. The minimum Gasteiger partial charge on any atom is -0.326 e. The summed E-state index contributed by atoms with van der Waals surface area (Å²) in [6.07, 6.45) is 6.14. The summed E-state index contributed by atoms with van der Waals surface area (Å²) in [7, 11) is 0.791. The first-order chi connectivity index (χ1) is 6.66. The van der Waals surface area contributed by atoms with Crippen molar-refractivity contribution in [2.45, 2.75) is 25.1 Å². The molecule has 0 heterocycles. The van der Waals surface area contributed by atoms with E-state index < -0.39 is 8.24 Å². The number of rotatable bonds is 8. The molecule has 0 amide bonds. The third-order valence-corrected chi connectivity index (χ3v) is 7.94. The third kappa shape index (κ3) is 3.27. The molecule has 1 nitrogen and oxygen atoms in total. The second-order valence-corrected chi connectivity index (χ2v) is 8.15. The van der Waals surface area contributed by atoms with Crippen molar-refractivity contribution in [2.24, 2.45) is 0 Å². The zero-order valence-electron chi connectivity index (χ0n) is 9.63. The van der Waals surface area contributed by atoms with E-state index in [1.165, 1.54) is 0 Å². The van der Waals surface area contributed by atoms with Gasteiger partial charge in [-0.1, -0.05) is 25.2 Å². The summed E-state index contributed by atoms with van der Waals surface area (Å²) in [6.45, 7) is 14.9. The molecule has 0 bridgehead atoms. The Kier molecular flexibility index (Phi) is 6.50. The van der Waals surface area contributed by atoms with E-state index in [1.54, 1.807) is 0 Å². The van der Waals surface area contributed by atoms with Gasteiger partial charge in [-0.05, 0) is 31.7 Å². The van der Waals surface area contributed by atoms with Gasteiger partial charge in [0.05, 0.1) is 0 Å².